The van der Waals surface area contributed by atoms with E-state index < -0.39 is 0 Å². The molecule has 0 saturated carbocycles. The number of thiazole rings is 1. The SMILES string of the molecule is CCn1c(SCC(=O)Nc2nc3ccccc3s2)nnc1C(C)NC(=O)c1ccco1. The highest BCUT2D eigenvalue weighted by atomic mass is 32.2. The molecule has 4 aromatic rings. The third-order valence-electron chi connectivity index (χ3n) is 4.41. The summed E-state index contributed by atoms with van der Waals surface area (Å²) in [6.07, 6.45) is 1.45. The number of nitrogens with zero attached hydrogens (tertiary/aromatic N) is 4. The van der Waals surface area contributed by atoms with E-state index in [1.807, 2.05) is 42.7 Å². The van der Waals surface area contributed by atoms with Crippen molar-refractivity contribution >= 4 is 50.3 Å². The van der Waals surface area contributed by atoms with E-state index in [4.69, 9.17) is 4.42 Å². The summed E-state index contributed by atoms with van der Waals surface area (Å²) in [5.74, 6) is 0.510. The Morgan fingerprint density at radius 3 is 2.81 bits per heavy atom. The van der Waals surface area contributed by atoms with Gasteiger partial charge in [0, 0.05) is 6.54 Å². The number of hydrogen-bond acceptors (Lipinski definition) is 8. The maximum atomic E-state index is 12.4. The van der Waals surface area contributed by atoms with Gasteiger partial charge in [0.2, 0.25) is 5.91 Å². The molecule has 31 heavy (non-hydrogen) atoms. The third-order valence-corrected chi connectivity index (χ3v) is 6.33. The highest BCUT2D eigenvalue weighted by Crippen LogP contribution is 2.26. The molecule has 9 nitrogen and oxygen atoms in total. The van der Waals surface area contributed by atoms with Crippen LogP contribution in [0.2, 0.25) is 0 Å². The molecule has 4 rings (SSSR count). The summed E-state index contributed by atoms with van der Waals surface area (Å²) >= 11 is 2.72. The Hall–Kier alpha value is -3.18. The minimum Gasteiger partial charge on any atom is -0.459 e. The van der Waals surface area contributed by atoms with Gasteiger partial charge in [-0.3, -0.25) is 9.59 Å². The van der Waals surface area contributed by atoms with Crippen LogP contribution < -0.4 is 10.6 Å². The number of hydrogen-bond donors (Lipinski definition) is 2. The number of fused-ring (bicyclic) bond motifs is 1. The fourth-order valence-electron chi connectivity index (χ4n) is 2.98. The molecule has 0 aliphatic rings. The summed E-state index contributed by atoms with van der Waals surface area (Å²) in [4.78, 5) is 29.0. The number of rotatable bonds is 8. The molecular weight excluding hydrogens is 436 g/mol. The zero-order valence-electron chi connectivity index (χ0n) is 16.9. The van der Waals surface area contributed by atoms with Crippen LogP contribution in [0.3, 0.4) is 0 Å². The van der Waals surface area contributed by atoms with Crippen LogP contribution in [-0.2, 0) is 11.3 Å². The minimum absolute atomic E-state index is 0.168. The number of aromatic nitrogens is 4. The zero-order valence-corrected chi connectivity index (χ0v) is 18.5. The van der Waals surface area contributed by atoms with Gasteiger partial charge in [0.15, 0.2) is 21.9 Å². The summed E-state index contributed by atoms with van der Waals surface area (Å²) in [5.41, 5.74) is 0.858. The van der Waals surface area contributed by atoms with Gasteiger partial charge in [-0.25, -0.2) is 4.98 Å². The van der Waals surface area contributed by atoms with Crippen molar-refractivity contribution in [3.05, 3.63) is 54.2 Å². The first-order chi connectivity index (χ1) is 15.0. The van der Waals surface area contributed by atoms with E-state index in [0.29, 0.717) is 22.7 Å². The first kappa shape index (κ1) is 21.1. The molecule has 0 bridgehead atoms. The Kier molecular flexibility index (Phi) is 6.33. The second kappa shape index (κ2) is 9.31. The molecular formula is C20H20N6O3S2. The van der Waals surface area contributed by atoms with E-state index in [1.165, 1.54) is 29.4 Å². The standard InChI is InChI=1S/C20H20N6O3S2/c1-3-26-17(12(2)21-18(28)14-8-6-10-29-14)24-25-20(26)30-11-16(27)23-19-22-13-7-4-5-9-15(13)31-19/h4-10,12H,3,11H2,1-2H3,(H,21,28)(H,22,23,27). The number of thioether (sulfide) groups is 1. The number of carbonyl (C=O) groups excluding carboxylic acids is 2. The molecule has 1 atom stereocenters. The van der Waals surface area contributed by atoms with Gasteiger partial charge in [0.05, 0.1) is 28.3 Å². The Morgan fingerprint density at radius 2 is 2.06 bits per heavy atom. The second-order valence-electron chi connectivity index (χ2n) is 6.58. The number of para-hydroxylation sites is 1. The minimum atomic E-state index is -0.379. The zero-order chi connectivity index (χ0) is 21.8. The van der Waals surface area contributed by atoms with Crippen LogP contribution in [0.5, 0.6) is 0 Å². The number of amides is 2. The maximum absolute atomic E-state index is 12.4. The smallest absolute Gasteiger partial charge is 0.287 e. The first-order valence-corrected chi connectivity index (χ1v) is 11.4. The van der Waals surface area contributed by atoms with Gasteiger partial charge in [0.1, 0.15) is 0 Å². The van der Waals surface area contributed by atoms with Crippen molar-refractivity contribution in [1.82, 2.24) is 25.1 Å². The molecule has 11 heteroatoms. The molecule has 0 spiro atoms. The van der Waals surface area contributed by atoms with Crippen molar-refractivity contribution in [2.75, 3.05) is 11.1 Å². The molecule has 3 aromatic heterocycles. The van der Waals surface area contributed by atoms with Crippen LogP contribution >= 0.6 is 23.1 Å². The van der Waals surface area contributed by atoms with Gasteiger partial charge < -0.3 is 19.6 Å². The molecule has 2 amide bonds. The molecule has 1 aromatic carbocycles. The Bertz CT molecular complexity index is 1170. The number of nitrogens with one attached hydrogen (secondary N) is 2. The van der Waals surface area contributed by atoms with Gasteiger partial charge in [-0.2, -0.15) is 0 Å². The maximum Gasteiger partial charge on any atom is 0.287 e. The summed E-state index contributed by atoms with van der Waals surface area (Å²) in [6.45, 7) is 4.38. The summed E-state index contributed by atoms with van der Waals surface area (Å²) in [7, 11) is 0. The Balaban J connectivity index is 1.37. The van der Waals surface area contributed by atoms with E-state index >= 15 is 0 Å². The number of carbonyl (C=O) groups is 2. The fourth-order valence-corrected chi connectivity index (χ4v) is 4.67. The Labute approximate surface area is 186 Å². The largest absolute Gasteiger partial charge is 0.459 e. The summed E-state index contributed by atoms with van der Waals surface area (Å²) in [6, 6.07) is 10.6. The number of anilines is 1. The van der Waals surface area contributed by atoms with Gasteiger partial charge >= 0.3 is 0 Å². The van der Waals surface area contributed by atoms with Crippen LogP contribution in [0.25, 0.3) is 10.2 Å². The Morgan fingerprint density at radius 1 is 1.23 bits per heavy atom. The van der Waals surface area contributed by atoms with Crippen LogP contribution in [-0.4, -0.2) is 37.3 Å². The first-order valence-electron chi connectivity index (χ1n) is 9.61. The summed E-state index contributed by atoms with van der Waals surface area (Å²) in [5, 5.41) is 15.3. The van der Waals surface area contributed by atoms with Crippen LogP contribution in [0, 0.1) is 0 Å². The average Bonchev–Trinajstić information content (AvgIpc) is 3.50. The summed E-state index contributed by atoms with van der Waals surface area (Å²) < 4.78 is 8.02. The normalized spacial score (nSPS) is 12.1. The molecule has 2 N–H and O–H groups in total. The fraction of sp³-hybridized carbons (Fsp3) is 0.250. The highest BCUT2D eigenvalue weighted by Gasteiger charge is 2.21. The van der Waals surface area contributed by atoms with Gasteiger partial charge in [0.25, 0.3) is 5.91 Å². The highest BCUT2D eigenvalue weighted by molar-refractivity contribution is 7.99. The van der Waals surface area contributed by atoms with Crippen molar-refractivity contribution < 1.29 is 14.0 Å². The lowest BCUT2D eigenvalue weighted by Gasteiger charge is -2.14. The predicted molar refractivity (Wildman–Crippen MR) is 119 cm³/mol. The van der Waals surface area contributed by atoms with Crippen LogP contribution in [0.15, 0.2) is 52.2 Å². The van der Waals surface area contributed by atoms with Crippen LogP contribution in [0.1, 0.15) is 36.3 Å². The molecule has 0 radical (unpaired) electrons. The van der Waals surface area contributed by atoms with Crippen molar-refractivity contribution in [3.63, 3.8) is 0 Å². The molecule has 0 fully saturated rings. The molecule has 0 aliphatic carbocycles. The number of furan rings is 1. The molecule has 1 unspecified atom stereocenters. The van der Waals surface area contributed by atoms with E-state index in [-0.39, 0.29) is 29.4 Å². The van der Waals surface area contributed by atoms with Crippen molar-refractivity contribution in [2.24, 2.45) is 0 Å². The molecule has 0 aliphatic heterocycles. The lowest BCUT2D eigenvalue weighted by molar-refractivity contribution is -0.113. The molecule has 3 heterocycles. The predicted octanol–water partition coefficient (Wildman–Crippen LogP) is 3.72. The van der Waals surface area contributed by atoms with Crippen molar-refractivity contribution in [2.45, 2.75) is 31.6 Å². The van der Waals surface area contributed by atoms with Crippen LogP contribution in [0.4, 0.5) is 5.13 Å². The van der Waals surface area contributed by atoms with E-state index in [9.17, 15) is 9.59 Å². The third kappa shape index (κ3) is 4.78. The second-order valence-corrected chi connectivity index (χ2v) is 8.55. The molecule has 0 saturated heterocycles. The van der Waals surface area contributed by atoms with Gasteiger partial charge in [-0.05, 0) is 38.1 Å². The average molecular weight is 457 g/mol. The quantitative estimate of drug-likeness (QED) is 0.388. The van der Waals surface area contributed by atoms with E-state index in [0.717, 1.165) is 10.2 Å². The van der Waals surface area contributed by atoms with Gasteiger partial charge in [-0.15, -0.1) is 10.2 Å². The molecule has 160 valence electrons. The van der Waals surface area contributed by atoms with E-state index in [2.05, 4.69) is 25.8 Å². The lowest BCUT2D eigenvalue weighted by Crippen LogP contribution is -2.28. The topological polar surface area (TPSA) is 115 Å². The monoisotopic (exact) mass is 456 g/mol. The van der Waals surface area contributed by atoms with Crippen molar-refractivity contribution in [3.8, 4) is 0 Å². The van der Waals surface area contributed by atoms with Crippen molar-refractivity contribution in [1.29, 1.82) is 0 Å². The number of benzene rings is 1. The van der Waals surface area contributed by atoms with E-state index in [1.54, 1.807) is 12.1 Å². The van der Waals surface area contributed by atoms with Gasteiger partial charge in [-0.1, -0.05) is 35.2 Å². The lowest BCUT2D eigenvalue weighted by atomic mass is 10.3.